The van der Waals surface area contributed by atoms with Crippen LogP contribution in [0.5, 0.6) is 0 Å². The van der Waals surface area contributed by atoms with Gasteiger partial charge in [0.25, 0.3) is 0 Å². The summed E-state index contributed by atoms with van der Waals surface area (Å²) in [5.74, 6) is -0.213. The van der Waals surface area contributed by atoms with Crippen molar-refractivity contribution in [2.45, 2.75) is 43.1 Å². The van der Waals surface area contributed by atoms with E-state index in [0.29, 0.717) is 6.42 Å². The number of aryl methyl sites for hydroxylation is 1. The van der Waals surface area contributed by atoms with Gasteiger partial charge in [-0.05, 0) is 59.2 Å². The highest BCUT2D eigenvalue weighted by Crippen LogP contribution is 2.31. The first-order chi connectivity index (χ1) is 11.5. The first-order valence-corrected chi connectivity index (χ1v) is 10.6. The summed E-state index contributed by atoms with van der Waals surface area (Å²) < 4.78 is -0.0100. The largest absolute Gasteiger partial charge is 0.339 e. The van der Waals surface area contributed by atoms with Crippen LogP contribution in [-0.4, -0.2) is 21.0 Å². The highest BCUT2D eigenvalue weighted by Gasteiger charge is 2.34. The van der Waals surface area contributed by atoms with E-state index in [9.17, 15) is 4.79 Å². The van der Waals surface area contributed by atoms with E-state index in [1.165, 1.54) is 0 Å². The van der Waals surface area contributed by atoms with Gasteiger partial charge in [-0.15, -0.1) is 0 Å². The number of amides is 1. The molecule has 1 aromatic carbocycles. The van der Waals surface area contributed by atoms with Crippen molar-refractivity contribution in [1.29, 1.82) is 0 Å². The van der Waals surface area contributed by atoms with Crippen molar-refractivity contribution < 1.29 is 4.79 Å². The van der Waals surface area contributed by atoms with E-state index in [4.69, 9.17) is 47.0 Å². The first-order valence-electron chi connectivity index (χ1n) is 7.43. The summed E-state index contributed by atoms with van der Waals surface area (Å²) in [5.41, 5.74) is 1.74. The molecule has 1 atom stereocenters. The van der Waals surface area contributed by atoms with Gasteiger partial charge >= 0.3 is 0 Å². The van der Waals surface area contributed by atoms with Crippen molar-refractivity contribution in [1.82, 2.24) is 10.6 Å². The molecule has 0 spiro atoms. The molecule has 0 aliphatic carbocycles. The quantitative estimate of drug-likeness (QED) is 0.236. The average Bonchev–Trinajstić information content (AvgIpc) is 2.47. The van der Waals surface area contributed by atoms with Gasteiger partial charge in [0.15, 0.2) is 5.11 Å². The molecule has 25 heavy (non-hydrogen) atoms. The fourth-order valence-electron chi connectivity index (χ4n) is 1.91. The zero-order valence-electron chi connectivity index (χ0n) is 13.6. The molecular formula is C15H18Br2Cl3N3OS. The molecule has 4 nitrogen and oxygen atoms in total. The summed E-state index contributed by atoms with van der Waals surface area (Å²) in [5, 5.41) is 8.77. The summed E-state index contributed by atoms with van der Waals surface area (Å²) in [7, 11) is 0. The molecule has 1 aromatic rings. The number of hydrogen-bond acceptors (Lipinski definition) is 2. The molecule has 0 aliphatic heterocycles. The molecule has 0 aliphatic rings. The lowest BCUT2D eigenvalue weighted by molar-refractivity contribution is -0.122. The van der Waals surface area contributed by atoms with E-state index in [0.717, 1.165) is 33.0 Å². The standard InChI is InChI=1S/C15H18Br2Cl3N3OS/c1-3-4-5-11(24)21-13(15(18,19)20)23-14(25)22-12-8(2)6-9(16)7-10(12)17/h6-7,13H,3-5H2,1-2H3,(H,21,24)(H2,22,23,25)/t13-/m1/s1. The predicted octanol–water partition coefficient (Wildman–Crippen LogP) is 5.81. The number of hydrogen-bond donors (Lipinski definition) is 3. The van der Waals surface area contributed by atoms with Gasteiger partial charge in [-0.1, -0.05) is 64.1 Å². The highest BCUT2D eigenvalue weighted by atomic mass is 79.9. The third-order valence-corrected chi connectivity index (χ3v) is 5.11. The number of halogens is 5. The van der Waals surface area contributed by atoms with Gasteiger partial charge < -0.3 is 16.0 Å². The van der Waals surface area contributed by atoms with E-state index in [1.54, 1.807) is 0 Å². The molecule has 0 saturated carbocycles. The average molecular weight is 555 g/mol. The Hall–Kier alpha value is 0.210. The van der Waals surface area contributed by atoms with Crippen molar-refractivity contribution in [2.75, 3.05) is 5.32 Å². The number of anilines is 1. The van der Waals surface area contributed by atoms with Crippen molar-refractivity contribution in [2.24, 2.45) is 0 Å². The highest BCUT2D eigenvalue weighted by molar-refractivity contribution is 9.11. The van der Waals surface area contributed by atoms with Gasteiger partial charge in [0, 0.05) is 15.4 Å². The fourth-order valence-corrected chi connectivity index (χ4v) is 4.00. The van der Waals surface area contributed by atoms with Gasteiger partial charge in [0.2, 0.25) is 9.70 Å². The number of carbonyl (C=O) groups is 1. The number of alkyl halides is 3. The van der Waals surface area contributed by atoms with Crippen molar-refractivity contribution in [3.05, 3.63) is 26.6 Å². The third kappa shape index (κ3) is 8.18. The summed E-state index contributed by atoms with van der Waals surface area (Å²) in [4.78, 5) is 11.9. The molecule has 0 radical (unpaired) electrons. The number of nitrogens with one attached hydrogen (secondary N) is 3. The maximum atomic E-state index is 11.9. The summed E-state index contributed by atoms with van der Waals surface area (Å²) in [6.07, 6.45) is 1.05. The predicted molar refractivity (Wildman–Crippen MR) is 118 cm³/mol. The Morgan fingerprint density at radius 3 is 2.44 bits per heavy atom. The summed E-state index contributed by atoms with van der Waals surface area (Å²) in [6.45, 7) is 3.93. The van der Waals surface area contributed by atoms with Crippen LogP contribution in [0.15, 0.2) is 21.1 Å². The topological polar surface area (TPSA) is 53.2 Å². The van der Waals surface area contributed by atoms with Gasteiger partial charge in [-0.3, -0.25) is 4.79 Å². The number of unbranched alkanes of at least 4 members (excludes halogenated alkanes) is 1. The van der Waals surface area contributed by atoms with Crippen molar-refractivity contribution >= 4 is 95.6 Å². The molecule has 140 valence electrons. The van der Waals surface area contributed by atoms with Crippen molar-refractivity contribution in [3.63, 3.8) is 0 Å². The second-order valence-electron chi connectivity index (χ2n) is 5.32. The summed E-state index contributed by atoms with van der Waals surface area (Å²) in [6, 6.07) is 3.82. The first kappa shape index (κ1) is 23.2. The number of benzene rings is 1. The molecule has 1 rings (SSSR count). The Morgan fingerprint density at radius 1 is 1.28 bits per heavy atom. The molecule has 0 saturated heterocycles. The lowest BCUT2D eigenvalue weighted by Crippen LogP contribution is -2.56. The monoisotopic (exact) mass is 551 g/mol. The molecule has 1 amide bonds. The SMILES string of the molecule is CCCCC(=O)N[C@H](NC(=S)Nc1c(C)cc(Br)cc1Br)C(Cl)(Cl)Cl. The summed E-state index contributed by atoms with van der Waals surface area (Å²) >= 11 is 30.1. The van der Waals surface area contributed by atoms with Crippen LogP contribution in [-0.2, 0) is 4.79 Å². The van der Waals surface area contributed by atoms with Crippen LogP contribution in [0.2, 0.25) is 0 Å². The minimum absolute atomic E-state index is 0.213. The second-order valence-corrected chi connectivity index (χ2v) is 9.87. The van der Waals surface area contributed by atoms with Crippen LogP contribution < -0.4 is 16.0 Å². The zero-order valence-corrected chi connectivity index (χ0v) is 19.8. The van der Waals surface area contributed by atoms with Gasteiger partial charge in [-0.25, -0.2) is 0 Å². The van der Waals surface area contributed by atoms with E-state index < -0.39 is 9.96 Å². The molecule has 0 bridgehead atoms. The van der Waals surface area contributed by atoms with Crippen LogP contribution in [0.25, 0.3) is 0 Å². The number of rotatable bonds is 6. The Labute approximate surface area is 185 Å². The van der Waals surface area contributed by atoms with E-state index in [1.807, 2.05) is 26.0 Å². The van der Waals surface area contributed by atoms with Crippen LogP contribution >= 0.6 is 78.9 Å². The maximum Gasteiger partial charge on any atom is 0.228 e. The van der Waals surface area contributed by atoms with Gasteiger partial charge in [0.1, 0.15) is 6.17 Å². The lowest BCUT2D eigenvalue weighted by Gasteiger charge is -2.28. The van der Waals surface area contributed by atoms with Crippen LogP contribution in [0.3, 0.4) is 0 Å². The molecule has 0 aromatic heterocycles. The normalized spacial score (nSPS) is 12.4. The minimum Gasteiger partial charge on any atom is -0.339 e. The van der Waals surface area contributed by atoms with Gasteiger partial charge in [-0.2, -0.15) is 0 Å². The fraction of sp³-hybridized carbons (Fsp3) is 0.467. The Morgan fingerprint density at radius 2 is 1.92 bits per heavy atom. The molecule has 0 unspecified atom stereocenters. The molecule has 3 N–H and O–H groups in total. The van der Waals surface area contributed by atoms with Crippen LogP contribution in [0.1, 0.15) is 31.7 Å². The molecule has 10 heteroatoms. The zero-order chi connectivity index (χ0) is 19.2. The van der Waals surface area contributed by atoms with Crippen molar-refractivity contribution in [3.8, 4) is 0 Å². The lowest BCUT2D eigenvalue weighted by atomic mass is 10.2. The van der Waals surface area contributed by atoms with Crippen LogP contribution in [0.4, 0.5) is 5.69 Å². The van der Waals surface area contributed by atoms with E-state index in [-0.39, 0.29) is 11.0 Å². The molecule has 0 fully saturated rings. The Kier molecular flexibility index (Phi) is 9.78. The van der Waals surface area contributed by atoms with E-state index >= 15 is 0 Å². The van der Waals surface area contributed by atoms with Gasteiger partial charge in [0.05, 0.1) is 5.69 Å². The Bertz CT molecular complexity index is 618. The minimum atomic E-state index is -1.76. The van der Waals surface area contributed by atoms with Crippen LogP contribution in [0, 0.1) is 6.92 Å². The molecular weight excluding hydrogens is 536 g/mol. The van der Waals surface area contributed by atoms with E-state index in [2.05, 4.69) is 47.8 Å². The smallest absolute Gasteiger partial charge is 0.228 e. The third-order valence-electron chi connectivity index (χ3n) is 3.16. The Balaban J connectivity index is 2.81. The second kappa shape index (κ2) is 10.5. The number of thiocarbonyl (C=S) groups is 1. The maximum absolute atomic E-state index is 11.9. The molecule has 0 heterocycles. The number of carbonyl (C=O) groups excluding carboxylic acids is 1.